The van der Waals surface area contributed by atoms with Crippen LogP contribution in [0.15, 0.2) is 0 Å². The molecule has 5 nitrogen and oxygen atoms in total. The maximum atomic E-state index is 11.1. The van der Waals surface area contributed by atoms with Crippen LogP contribution in [0.3, 0.4) is 0 Å². The number of aliphatic hydroxyl groups excluding tert-OH is 1. The molecule has 0 spiro atoms. The molecule has 5 heteroatoms. The Morgan fingerprint density at radius 1 is 1.47 bits per heavy atom. The van der Waals surface area contributed by atoms with E-state index in [4.69, 9.17) is 14.2 Å². The molecule has 15 heavy (non-hydrogen) atoms. The van der Waals surface area contributed by atoms with Crippen molar-refractivity contribution in [3.8, 4) is 0 Å². The highest BCUT2D eigenvalue weighted by Crippen LogP contribution is 2.43. The van der Waals surface area contributed by atoms with Crippen LogP contribution in [0, 0.1) is 11.8 Å². The van der Waals surface area contributed by atoms with Gasteiger partial charge in [0.05, 0.1) is 12.5 Å². The fourth-order valence-corrected chi connectivity index (χ4v) is 2.71. The van der Waals surface area contributed by atoms with Gasteiger partial charge in [0.2, 0.25) is 0 Å². The number of methoxy groups -OCH3 is 2. The fraction of sp³-hybridized carbons (Fsp3) is 0.900. The second-order valence-electron chi connectivity index (χ2n) is 4.12. The lowest BCUT2D eigenvalue weighted by molar-refractivity contribution is -0.164. The minimum absolute atomic E-state index is 0.0254. The van der Waals surface area contributed by atoms with E-state index in [1.54, 1.807) is 0 Å². The normalized spacial score (nSPS) is 39.6. The molecular formula is C10H16O5. The Kier molecular flexibility index (Phi) is 2.95. The van der Waals surface area contributed by atoms with Crippen molar-refractivity contribution in [1.82, 2.24) is 0 Å². The smallest absolute Gasteiger partial charge is 0.306 e. The van der Waals surface area contributed by atoms with Crippen LogP contribution in [0.1, 0.15) is 12.8 Å². The molecule has 0 aromatic rings. The van der Waals surface area contributed by atoms with Crippen molar-refractivity contribution in [3.63, 3.8) is 0 Å². The molecule has 2 rings (SSSR count). The highest BCUT2D eigenvalue weighted by Gasteiger charge is 2.52. The largest absolute Gasteiger partial charge is 0.462 e. The van der Waals surface area contributed by atoms with E-state index in [1.165, 1.54) is 14.2 Å². The average Bonchev–Trinajstić information content (AvgIpc) is 2.66. The lowest BCUT2D eigenvalue weighted by Gasteiger charge is -2.26. The summed E-state index contributed by atoms with van der Waals surface area (Å²) < 4.78 is 15.4. The summed E-state index contributed by atoms with van der Waals surface area (Å²) in [6.07, 6.45) is -0.298. The van der Waals surface area contributed by atoms with Gasteiger partial charge in [0.15, 0.2) is 6.29 Å². The van der Waals surface area contributed by atoms with Gasteiger partial charge in [0, 0.05) is 32.5 Å². The molecule has 1 aliphatic heterocycles. The number of hydrogen-bond acceptors (Lipinski definition) is 5. The third kappa shape index (κ3) is 1.75. The highest BCUT2D eigenvalue weighted by atomic mass is 16.7. The summed E-state index contributed by atoms with van der Waals surface area (Å²) >= 11 is 0. The van der Waals surface area contributed by atoms with E-state index in [0.717, 1.165) is 0 Å². The van der Waals surface area contributed by atoms with Crippen molar-refractivity contribution in [2.45, 2.75) is 31.3 Å². The monoisotopic (exact) mass is 216 g/mol. The number of carbonyl (C=O) groups is 1. The summed E-state index contributed by atoms with van der Waals surface area (Å²) in [5.41, 5.74) is 0. The Morgan fingerprint density at radius 2 is 2.13 bits per heavy atom. The number of esters is 1. The zero-order chi connectivity index (χ0) is 11.0. The molecular weight excluding hydrogens is 200 g/mol. The van der Waals surface area contributed by atoms with Gasteiger partial charge in [0.1, 0.15) is 6.10 Å². The molecule has 86 valence electrons. The van der Waals surface area contributed by atoms with E-state index >= 15 is 0 Å². The van der Waals surface area contributed by atoms with Crippen LogP contribution in [-0.4, -0.2) is 43.8 Å². The van der Waals surface area contributed by atoms with Crippen molar-refractivity contribution in [2.75, 3.05) is 14.2 Å². The topological polar surface area (TPSA) is 65.0 Å². The Labute approximate surface area is 88.3 Å². The predicted molar refractivity (Wildman–Crippen MR) is 49.9 cm³/mol. The van der Waals surface area contributed by atoms with Gasteiger partial charge in [-0.15, -0.1) is 0 Å². The molecule has 2 aliphatic rings. The Bertz CT molecular complexity index is 250. The van der Waals surface area contributed by atoms with Gasteiger partial charge in [-0.1, -0.05) is 0 Å². The third-order valence-electron chi connectivity index (χ3n) is 3.35. The Morgan fingerprint density at radius 3 is 2.73 bits per heavy atom. The van der Waals surface area contributed by atoms with Crippen LogP contribution in [-0.2, 0) is 19.0 Å². The molecule has 0 aromatic carbocycles. The molecule has 1 N–H and O–H groups in total. The van der Waals surface area contributed by atoms with Gasteiger partial charge in [0.25, 0.3) is 0 Å². The quantitative estimate of drug-likeness (QED) is 0.528. The average molecular weight is 216 g/mol. The van der Waals surface area contributed by atoms with Crippen molar-refractivity contribution < 1.29 is 24.1 Å². The summed E-state index contributed by atoms with van der Waals surface area (Å²) in [4.78, 5) is 11.1. The molecule has 0 radical (unpaired) electrons. The maximum absolute atomic E-state index is 11.1. The predicted octanol–water partition coefficient (Wildman–Crippen LogP) is -0.0822. The van der Waals surface area contributed by atoms with Crippen molar-refractivity contribution in [3.05, 3.63) is 0 Å². The zero-order valence-electron chi connectivity index (χ0n) is 8.88. The minimum Gasteiger partial charge on any atom is -0.462 e. The first-order valence-electron chi connectivity index (χ1n) is 5.10. The van der Waals surface area contributed by atoms with Crippen molar-refractivity contribution in [2.24, 2.45) is 11.8 Å². The van der Waals surface area contributed by atoms with Crippen LogP contribution in [0.2, 0.25) is 0 Å². The minimum atomic E-state index is -0.516. The van der Waals surface area contributed by atoms with E-state index in [-0.39, 0.29) is 23.9 Å². The van der Waals surface area contributed by atoms with Gasteiger partial charge in [-0.05, 0) is 0 Å². The van der Waals surface area contributed by atoms with Gasteiger partial charge in [-0.2, -0.15) is 0 Å². The number of hydrogen-bond donors (Lipinski definition) is 1. The lowest BCUT2D eigenvalue weighted by Crippen LogP contribution is -2.35. The highest BCUT2D eigenvalue weighted by molar-refractivity contribution is 5.72. The lowest BCUT2D eigenvalue weighted by atomic mass is 9.91. The molecule has 1 unspecified atom stereocenters. The second-order valence-corrected chi connectivity index (χ2v) is 4.12. The second kappa shape index (κ2) is 4.08. The van der Waals surface area contributed by atoms with Crippen LogP contribution < -0.4 is 0 Å². The van der Waals surface area contributed by atoms with Gasteiger partial charge >= 0.3 is 5.97 Å². The van der Waals surface area contributed by atoms with Crippen LogP contribution in [0.5, 0.6) is 0 Å². The molecule has 0 amide bonds. The van der Waals surface area contributed by atoms with Crippen LogP contribution in [0.25, 0.3) is 0 Å². The van der Waals surface area contributed by atoms with Gasteiger partial charge in [-0.25, -0.2) is 0 Å². The van der Waals surface area contributed by atoms with E-state index in [9.17, 15) is 9.90 Å². The molecule has 1 saturated carbocycles. The summed E-state index contributed by atoms with van der Waals surface area (Å²) in [6, 6.07) is 0. The number of rotatable bonds is 3. The Hall–Kier alpha value is -0.650. The summed E-state index contributed by atoms with van der Waals surface area (Å²) in [6.45, 7) is 0. The van der Waals surface area contributed by atoms with Crippen molar-refractivity contribution >= 4 is 5.97 Å². The first-order chi connectivity index (χ1) is 7.17. The SMILES string of the molecule is COC(OC)C1[C@H](O)C[C@@H]2OC(=O)C[C@H]12. The molecule has 2 fully saturated rings. The maximum Gasteiger partial charge on any atom is 0.306 e. The molecule has 1 aliphatic carbocycles. The van der Waals surface area contributed by atoms with E-state index in [2.05, 4.69) is 0 Å². The van der Waals surface area contributed by atoms with E-state index < -0.39 is 12.4 Å². The fourth-order valence-electron chi connectivity index (χ4n) is 2.71. The summed E-state index contributed by atoms with van der Waals surface area (Å²) in [5.74, 6) is -0.332. The summed E-state index contributed by atoms with van der Waals surface area (Å²) in [7, 11) is 3.07. The van der Waals surface area contributed by atoms with Crippen LogP contribution in [0.4, 0.5) is 0 Å². The molecule has 1 heterocycles. The van der Waals surface area contributed by atoms with Gasteiger partial charge < -0.3 is 19.3 Å². The third-order valence-corrected chi connectivity index (χ3v) is 3.35. The zero-order valence-corrected chi connectivity index (χ0v) is 8.88. The number of fused-ring (bicyclic) bond motifs is 1. The Balaban J connectivity index is 2.12. The van der Waals surface area contributed by atoms with Crippen molar-refractivity contribution in [1.29, 1.82) is 0 Å². The van der Waals surface area contributed by atoms with E-state index in [0.29, 0.717) is 12.8 Å². The number of carbonyl (C=O) groups excluding carboxylic acids is 1. The standard InChI is InChI=1S/C10H16O5/c1-13-10(14-2)9-5-3-8(12)15-7(5)4-6(9)11/h5-7,9-11H,3-4H2,1-2H3/t5-,6+,7-,9?/m0/s1. The molecule has 0 bridgehead atoms. The van der Waals surface area contributed by atoms with Gasteiger partial charge in [-0.3, -0.25) is 4.79 Å². The molecule has 4 atom stereocenters. The van der Waals surface area contributed by atoms with E-state index in [1.807, 2.05) is 0 Å². The molecule has 1 saturated heterocycles. The first-order valence-corrected chi connectivity index (χ1v) is 5.10. The number of ether oxygens (including phenoxy) is 3. The van der Waals surface area contributed by atoms with Crippen LogP contribution >= 0.6 is 0 Å². The first kappa shape index (κ1) is 10.9. The summed E-state index contributed by atoms with van der Waals surface area (Å²) in [5, 5.41) is 9.86. The molecule has 0 aromatic heterocycles. The number of aliphatic hydroxyl groups is 1.